The second-order valence-electron chi connectivity index (χ2n) is 6.84. The highest BCUT2D eigenvalue weighted by Crippen LogP contribution is 2.15. The SMILES string of the molecule is C=CCN(Cc1cccn1Cc1ccc(F)cc1)C(=O)Cc1ccc(OC)cc1. The molecule has 3 rings (SSSR count). The molecule has 1 heterocycles. The molecule has 1 amide bonds. The van der Waals surface area contributed by atoms with Crippen molar-refractivity contribution in [2.24, 2.45) is 0 Å². The minimum absolute atomic E-state index is 0.0320. The molecule has 150 valence electrons. The van der Waals surface area contributed by atoms with Gasteiger partial charge in [-0.2, -0.15) is 0 Å². The van der Waals surface area contributed by atoms with E-state index in [1.54, 1.807) is 30.2 Å². The fourth-order valence-electron chi connectivity index (χ4n) is 3.17. The summed E-state index contributed by atoms with van der Waals surface area (Å²) in [6, 6.07) is 17.9. The first-order chi connectivity index (χ1) is 14.1. The first-order valence-electron chi connectivity index (χ1n) is 9.49. The monoisotopic (exact) mass is 392 g/mol. The van der Waals surface area contributed by atoms with Gasteiger partial charge in [0.2, 0.25) is 5.91 Å². The molecule has 0 aliphatic rings. The normalized spacial score (nSPS) is 10.6. The number of hydrogen-bond acceptors (Lipinski definition) is 2. The van der Waals surface area contributed by atoms with Crippen molar-refractivity contribution >= 4 is 5.91 Å². The zero-order chi connectivity index (χ0) is 20.6. The highest BCUT2D eigenvalue weighted by Gasteiger charge is 2.15. The maximum Gasteiger partial charge on any atom is 0.227 e. The van der Waals surface area contributed by atoms with E-state index in [0.717, 1.165) is 22.6 Å². The van der Waals surface area contributed by atoms with E-state index in [9.17, 15) is 9.18 Å². The number of carbonyl (C=O) groups is 1. The largest absolute Gasteiger partial charge is 0.497 e. The predicted octanol–water partition coefficient (Wildman–Crippen LogP) is 4.44. The van der Waals surface area contributed by atoms with Crippen molar-refractivity contribution in [3.05, 3.63) is 102 Å². The summed E-state index contributed by atoms with van der Waals surface area (Å²) < 4.78 is 20.4. The first kappa shape index (κ1) is 20.4. The van der Waals surface area contributed by atoms with Gasteiger partial charge in [-0.25, -0.2) is 4.39 Å². The molecule has 4 nitrogen and oxygen atoms in total. The number of benzene rings is 2. The van der Waals surface area contributed by atoms with E-state index in [4.69, 9.17) is 4.74 Å². The molecule has 0 bridgehead atoms. The maximum absolute atomic E-state index is 13.1. The Morgan fingerprint density at radius 3 is 2.45 bits per heavy atom. The summed E-state index contributed by atoms with van der Waals surface area (Å²) in [6.07, 6.45) is 4.02. The van der Waals surface area contributed by atoms with Gasteiger partial charge in [-0.05, 0) is 47.5 Å². The van der Waals surface area contributed by atoms with Crippen LogP contribution in [0.25, 0.3) is 0 Å². The van der Waals surface area contributed by atoms with E-state index in [0.29, 0.717) is 26.1 Å². The topological polar surface area (TPSA) is 34.5 Å². The van der Waals surface area contributed by atoms with Crippen molar-refractivity contribution < 1.29 is 13.9 Å². The van der Waals surface area contributed by atoms with Gasteiger partial charge >= 0.3 is 0 Å². The molecule has 0 atom stereocenters. The zero-order valence-electron chi connectivity index (χ0n) is 16.6. The second-order valence-corrected chi connectivity index (χ2v) is 6.84. The van der Waals surface area contributed by atoms with Crippen molar-refractivity contribution in [3.8, 4) is 5.75 Å². The van der Waals surface area contributed by atoms with Crippen molar-refractivity contribution in [2.75, 3.05) is 13.7 Å². The van der Waals surface area contributed by atoms with E-state index in [1.165, 1.54) is 12.1 Å². The van der Waals surface area contributed by atoms with Crippen LogP contribution < -0.4 is 4.74 Å². The van der Waals surface area contributed by atoms with Gasteiger partial charge in [0.15, 0.2) is 0 Å². The van der Waals surface area contributed by atoms with E-state index in [2.05, 4.69) is 11.1 Å². The lowest BCUT2D eigenvalue weighted by Gasteiger charge is -2.22. The summed E-state index contributed by atoms with van der Waals surface area (Å²) in [7, 11) is 1.62. The van der Waals surface area contributed by atoms with Crippen LogP contribution in [0.3, 0.4) is 0 Å². The van der Waals surface area contributed by atoms with Gasteiger partial charge in [-0.1, -0.05) is 30.3 Å². The number of nitrogens with zero attached hydrogens (tertiary/aromatic N) is 2. The molecule has 0 aliphatic carbocycles. The Bertz CT molecular complexity index is 946. The third kappa shape index (κ3) is 5.57. The molecule has 0 unspecified atom stereocenters. The number of amides is 1. The number of rotatable bonds is 9. The van der Waals surface area contributed by atoms with Crippen LogP contribution in [0.1, 0.15) is 16.8 Å². The van der Waals surface area contributed by atoms with Gasteiger partial charge < -0.3 is 14.2 Å². The molecular weight excluding hydrogens is 367 g/mol. The molecule has 2 aromatic carbocycles. The van der Waals surface area contributed by atoms with E-state index >= 15 is 0 Å². The lowest BCUT2D eigenvalue weighted by molar-refractivity contribution is -0.130. The van der Waals surface area contributed by atoms with Crippen LogP contribution in [-0.4, -0.2) is 29.0 Å². The van der Waals surface area contributed by atoms with Crippen LogP contribution in [-0.2, 0) is 24.3 Å². The van der Waals surface area contributed by atoms with E-state index < -0.39 is 0 Å². The lowest BCUT2D eigenvalue weighted by Crippen LogP contribution is -2.32. The van der Waals surface area contributed by atoms with Crippen molar-refractivity contribution in [3.63, 3.8) is 0 Å². The Balaban J connectivity index is 1.69. The maximum atomic E-state index is 13.1. The third-order valence-electron chi connectivity index (χ3n) is 4.76. The fourth-order valence-corrected chi connectivity index (χ4v) is 3.17. The highest BCUT2D eigenvalue weighted by molar-refractivity contribution is 5.79. The fraction of sp³-hybridized carbons (Fsp3) is 0.208. The molecule has 5 heteroatoms. The molecule has 0 saturated carbocycles. The summed E-state index contributed by atoms with van der Waals surface area (Å²) in [6.45, 7) is 5.36. The van der Waals surface area contributed by atoms with Crippen molar-refractivity contribution in [1.82, 2.24) is 9.47 Å². The Kier molecular flexibility index (Phi) is 6.85. The molecule has 1 aromatic heterocycles. The second kappa shape index (κ2) is 9.73. The summed E-state index contributed by atoms with van der Waals surface area (Å²) in [5, 5.41) is 0. The smallest absolute Gasteiger partial charge is 0.227 e. The first-order valence-corrected chi connectivity index (χ1v) is 9.49. The Labute approximate surface area is 170 Å². The molecule has 0 fully saturated rings. The predicted molar refractivity (Wildman–Crippen MR) is 112 cm³/mol. The number of aromatic nitrogens is 1. The van der Waals surface area contributed by atoms with Crippen molar-refractivity contribution in [1.29, 1.82) is 0 Å². The minimum Gasteiger partial charge on any atom is -0.497 e. The summed E-state index contributed by atoms with van der Waals surface area (Å²) in [5.41, 5.74) is 2.95. The quantitative estimate of drug-likeness (QED) is 0.505. The summed E-state index contributed by atoms with van der Waals surface area (Å²) in [4.78, 5) is 14.7. The van der Waals surface area contributed by atoms with Gasteiger partial charge in [0, 0.05) is 25.0 Å². The number of halogens is 1. The van der Waals surface area contributed by atoms with Crippen LogP contribution in [0.4, 0.5) is 4.39 Å². The van der Waals surface area contributed by atoms with Crippen molar-refractivity contribution in [2.45, 2.75) is 19.5 Å². The average molecular weight is 392 g/mol. The number of hydrogen-bond donors (Lipinski definition) is 0. The lowest BCUT2D eigenvalue weighted by atomic mass is 10.1. The molecule has 29 heavy (non-hydrogen) atoms. The van der Waals surface area contributed by atoms with Crippen LogP contribution >= 0.6 is 0 Å². The molecule has 0 aliphatic heterocycles. The van der Waals surface area contributed by atoms with Gasteiger partial charge in [-0.3, -0.25) is 4.79 Å². The number of methoxy groups -OCH3 is 1. The molecule has 0 radical (unpaired) electrons. The Morgan fingerprint density at radius 2 is 1.79 bits per heavy atom. The molecule has 0 saturated heterocycles. The van der Waals surface area contributed by atoms with E-state index in [1.807, 2.05) is 42.6 Å². The molecular formula is C24H25FN2O2. The van der Waals surface area contributed by atoms with Crippen LogP contribution in [0.15, 0.2) is 79.5 Å². The summed E-state index contributed by atoms with van der Waals surface area (Å²) in [5.74, 6) is 0.551. The standard InChI is InChI=1S/C24H25FN2O2/c1-3-14-27(24(28)16-19-8-12-23(29-2)13-9-19)18-22-5-4-15-26(22)17-20-6-10-21(25)11-7-20/h3-13,15H,1,14,16-18H2,2H3. The average Bonchev–Trinajstić information content (AvgIpc) is 3.16. The van der Waals surface area contributed by atoms with Gasteiger partial charge in [0.1, 0.15) is 11.6 Å². The van der Waals surface area contributed by atoms with Gasteiger partial charge in [-0.15, -0.1) is 6.58 Å². The minimum atomic E-state index is -0.247. The molecule has 3 aromatic rings. The summed E-state index contributed by atoms with van der Waals surface area (Å²) >= 11 is 0. The number of carbonyl (C=O) groups excluding carboxylic acids is 1. The molecule has 0 N–H and O–H groups in total. The number of ether oxygens (including phenoxy) is 1. The van der Waals surface area contributed by atoms with E-state index in [-0.39, 0.29) is 11.7 Å². The Morgan fingerprint density at radius 1 is 1.10 bits per heavy atom. The highest BCUT2D eigenvalue weighted by atomic mass is 19.1. The zero-order valence-corrected chi connectivity index (χ0v) is 16.6. The Hall–Kier alpha value is -3.34. The third-order valence-corrected chi connectivity index (χ3v) is 4.76. The molecule has 0 spiro atoms. The van der Waals surface area contributed by atoms with Gasteiger partial charge in [0.25, 0.3) is 0 Å². The van der Waals surface area contributed by atoms with Crippen LogP contribution in [0, 0.1) is 5.82 Å². The van der Waals surface area contributed by atoms with Gasteiger partial charge in [0.05, 0.1) is 20.1 Å². The van der Waals surface area contributed by atoms with Crippen LogP contribution in [0.2, 0.25) is 0 Å². The van der Waals surface area contributed by atoms with Crippen LogP contribution in [0.5, 0.6) is 5.75 Å².